The van der Waals surface area contributed by atoms with Gasteiger partial charge in [0.05, 0.1) is 0 Å². The van der Waals surface area contributed by atoms with Crippen molar-refractivity contribution in [3.63, 3.8) is 0 Å². The van der Waals surface area contributed by atoms with Crippen molar-refractivity contribution in [1.29, 1.82) is 0 Å². The molecular formula is C18H26O5P+. The molecule has 5 nitrogen and oxygen atoms in total. The van der Waals surface area contributed by atoms with Gasteiger partial charge in [-0.2, -0.15) is 0 Å². The van der Waals surface area contributed by atoms with Gasteiger partial charge in [-0.1, -0.05) is 41.5 Å². The summed E-state index contributed by atoms with van der Waals surface area (Å²) in [6, 6.07) is 3.40. The number of phenols is 1. The molecule has 0 radical (unpaired) electrons. The molecule has 0 saturated heterocycles. The normalized spacial score (nSPS) is 13.4. The first-order valence-electron chi connectivity index (χ1n) is 7.72. The summed E-state index contributed by atoms with van der Waals surface area (Å²) >= 11 is 0. The predicted molar refractivity (Wildman–Crippen MR) is 94.8 cm³/mol. The third-order valence-corrected chi connectivity index (χ3v) is 3.93. The van der Waals surface area contributed by atoms with Gasteiger partial charge in [0.2, 0.25) is 0 Å². The third kappa shape index (κ3) is 5.52. The molecule has 0 aliphatic carbocycles. The smallest absolute Gasteiger partial charge is 0.507 e. The van der Waals surface area contributed by atoms with Gasteiger partial charge < -0.3 is 5.11 Å². The highest BCUT2D eigenvalue weighted by Gasteiger charge is 2.27. The molecule has 1 atom stereocenters. The summed E-state index contributed by atoms with van der Waals surface area (Å²) in [5.41, 5.74) is 1.25. The van der Waals surface area contributed by atoms with E-state index in [0.29, 0.717) is 16.7 Å². The number of ketones is 1. The Kier molecular flexibility index (Phi) is 6.45. The van der Waals surface area contributed by atoms with Gasteiger partial charge in [-0.15, -0.1) is 9.42 Å². The van der Waals surface area contributed by atoms with Gasteiger partial charge in [-0.3, -0.25) is 4.79 Å². The van der Waals surface area contributed by atoms with Crippen LogP contribution in [0.2, 0.25) is 0 Å². The zero-order chi connectivity index (χ0) is 18.7. The quantitative estimate of drug-likeness (QED) is 0.466. The van der Waals surface area contributed by atoms with Crippen molar-refractivity contribution in [2.24, 2.45) is 0 Å². The van der Waals surface area contributed by atoms with Gasteiger partial charge in [0.25, 0.3) is 0 Å². The lowest BCUT2D eigenvalue weighted by Gasteiger charge is -2.27. The zero-order valence-electron chi connectivity index (χ0n) is 15.1. The number of aromatic hydroxyl groups is 1. The molecule has 0 aliphatic heterocycles. The minimum absolute atomic E-state index is 0.117. The van der Waals surface area contributed by atoms with Crippen LogP contribution in [0.1, 0.15) is 63.0 Å². The Labute approximate surface area is 144 Å². The van der Waals surface area contributed by atoms with Gasteiger partial charge in [-0.25, -0.2) is 0 Å². The van der Waals surface area contributed by atoms with E-state index in [9.17, 15) is 14.5 Å². The fourth-order valence-electron chi connectivity index (χ4n) is 2.28. The first kappa shape index (κ1) is 20.5. The van der Waals surface area contributed by atoms with Crippen molar-refractivity contribution in [3.8, 4) is 5.75 Å². The van der Waals surface area contributed by atoms with Crippen LogP contribution in [0.4, 0.5) is 0 Å². The van der Waals surface area contributed by atoms with Crippen molar-refractivity contribution < 1.29 is 23.9 Å². The van der Waals surface area contributed by atoms with Crippen LogP contribution in [0.25, 0.3) is 0 Å². The standard InChI is InChI=1S/C18H25O5P/c1-17(2,3)13-10-12(11-14(16(13)20)18(4,5)6)15(19)8-7-9-23-24(21)22/h7-8,10-11H,9H2,1-6H3,(H-,19,20,21,22)/p+1/b8-7+. The van der Waals surface area contributed by atoms with Crippen LogP contribution in [0.5, 0.6) is 5.75 Å². The Morgan fingerprint density at radius 3 is 1.96 bits per heavy atom. The average molecular weight is 353 g/mol. The van der Waals surface area contributed by atoms with E-state index in [0.717, 1.165) is 0 Å². The third-order valence-electron chi connectivity index (χ3n) is 3.56. The summed E-state index contributed by atoms with van der Waals surface area (Å²) in [7, 11) is -2.68. The Balaban J connectivity index is 3.29. The van der Waals surface area contributed by atoms with Crippen LogP contribution in [-0.4, -0.2) is 22.4 Å². The highest BCUT2D eigenvalue weighted by molar-refractivity contribution is 7.32. The molecule has 0 fully saturated rings. The second-order valence-corrected chi connectivity index (χ2v) is 8.45. The van der Waals surface area contributed by atoms with E-state index in [1.54, 1.807) is 12.1 Å². The molecule has 0 heterocycles. The molecule has 0 saturated carbocycles. The number of rotatable bonds is 5. The minimum atomic E-state index is -2.68. The fraction of sp³-hybridized carbons (Fsp3) is 0.500. The van der Waals surface area contributed by atoms with Crippen molar-refractivity contribution >= 4 is 14.0 Å². The predicted octanol–water partition coefficient (Wildman–Crippen LogP) is 4.39. The van der Waals surface area contributed by atoms with Crippen molar-refractivity contribution in [3.05, 3.63) is 41.0 Å². The maximum absolute atomic E-state index is 12.4. The van der Waals surface area contributed by atoms with E-state index >= 15 is 0 Å². The molecule has 1 aromatic rings. The number of allylic oxidation sites excluding steroid dienone is 1. The van der Waals surface area contributed by atoms with Gasteiger partial charge in [0.1, 0.15) is 12.4 Å². The maximum Gasteiger partial charge on any atom is 0.695 e. The lowest BCUT2D eigenvalue weighted by molar-refractivity contribution is 0.104. The number of hydrogen-bond donors (Lipinski definition) is 2. The van der Waals surface area contributed by atoms with Crippen molar-refractivity contribution in [2.45, 2.75) is 52.4 Å². The number of carbonyl (C=O) groups is 1. The molecule has 0 aromatic heterocycles. The zero-order valence-corrected chi connectivity index (χ0v) is 16.0. The van der Waals surface area contributed by atoms with Crippen molar-refractivity contribution in [2.75, 3.05) is 6.61 Å². The highest BCUT2D eigenvalue weighted by atomic mass is 31.1. The summed E-state index contributed by atoms with van der Waals surface area (Å²) in [4.78, 5) is 21.0. The average Bonchev–Trinajstić information content (AvgIpc) is 2.40. The molecule has 0 spiro atoms. The van der Waals surface area contributed by atoms with E-state index in [1.165, 1.54) is 12.2 Å². The molecule has 0 aliphatic rings. The van der Waals surface area contributed by atoms with Crippen LogP contribution in [-0.2, 0) is 19.9 Å². The van der Waals surface area contributed by atoms with E-state index in [-0.39, 0.29) is 29.0 Å². The van der Waals surface area contributed by atoms with Crippen LogP contribution in [0.15, 0.2) is 24.3 Å². The van der Waals surface area contributed by atoms with Gasteiger partial charge >= 0.3 is 8.25 Å². The summed E-state index contributed by atoms with van der Waals surface area (Å²) in [5.74, 6) is -0.0288. The van der Waals surface area contributed by atoms with Crippen molar-refractivity contribution in [1.82, 2.24) is 0 Å². The van der Waals surface area contributed by atoms with Gasteiger partial charge in [0, 0.05) is 21.3 Å². The Bertz CT molecular complexity index is 628. The van der Waals surface area contributed by atoms with E-state index in [2.05, 4.69) is 4.52 Å². The van der Waals surface area contributed by atoms with E-state index < -0.39 is 8.25 Å². The first-order valence-corrected chi connectivity index (χ1v) is 8.85. The summed E-state index contributed by atoms with van der Waals surface area (Å²) < 4.78 is 14.9. The number of phenolic OH excluding ortho intramolecular Hbond substituents is 1. The van der Waals surface area contributed by atoms with Gasteiger partial charge in [0.15, 0.2) is 5.78 Å². The summed E-state index contributed by atoms with van der Waals surface area (Å²) in [6.07, 6.45) is 2.70. The monoisotopic (exact) mass is 353 g/mol. The van der Waals surface area contributed by atoms with E-state index in [4.69, 9.17) is 4.89 Å². The van der Waals surface area contributed by atoms with Crippen LogP contribution >= 0.6 is 8.25 Å². The van der Waals surface area contributed by atoms with Gasteiger partial charge in [-0.05, 0) is 35.1 Å². The first-order chi connectivity index (χ1) is 10.8. The Morgan fingerprint density at radius 1 is 1.12 bits per heavy atom. The molecule has 2 N–H and O–H groups in total. The lowest BCUT2D eigenvalue weighted by Crippen LogP contribution is -2.18. The second kappa shape index (κ2) is 7.56. The summed E-state index contributed by atoms with van der Waals surface area (Å²) in [6.45, 7) is 11.7. The SMILES string of the molecule is CC(C)(C)c1cc(C(=O)/C=C/CO[P+](=O)O)cc(C(C)(C)C)c1O. The highest BCUT2D eigenvalue weighted by Crippen LogP contribution is 2.39. The number of hydrogen-bond acceptors (Lipinski definition) is 4. The molecule has 1 rings (SSSR count). The second-order valence-electron chi connectivity index (χ2n) is 7.72. The fourth-order valence-corrected chi connectivity index (χ4v) is 2.49. The van der Waals surface area contributed by atoms with E-state index in [1.807, 2.05) is 41.5 Å². The number of carbonyl (C=O) groups excluding carboxylic acids is 1. The Hall–Kier alpha value is -1.55. The van der Waals surface area contributed by atoms with Crippen LogP contribution in [0.3, 0.4) is 0 Å². The molecular weight excluding hydrogens is 327 g/mol. The molecule has 1 unspecified atom stereocenters. The maximum atomic E-state index is 12.4. The van der Waals surface area contributed by atoms with Crippen LogP contribution in [0, 0.1) is 0 Å². The largest absolute Gasteiger partial charge is 0.695 e. The topological polar surface area (TPSA) is 83.8 Å². The Morgan fingerprint density at radius 2 is 1.58 bits per heavy atom. The minimum Gasteiger partial charge on any atom is -0.507 e. The molecule has 0 amide bonds. The number of benzene rings is 1. The molecule has 0 bridgehead atoms. The molecule has 6 heteroatoms. The molecule has 132 valence electrons. The van der Waals surface area contributed by atoms with Crippen LogP contribution < -0.4 is 0 Å². The summed E-state index contributed by atoms with van der Waals surface area (Å²) in [5, 5.41) is 10.6. The lowest BCUT2D eigenvalue weighted by atomic mass is 9.78. The molecule has 1 aromatic carbocycles. The molecule has 24 heavy (non-hydrogen) atoms.